The minimum atomic E-state index is -0.283. The second kappa shape index (κ2) is 7.51. The molecule has 2 amide bonds. The molecule has 0 radical (unpaired) electrons. The van der Waals surface area contributed by atoms with E-state index in [2.05, 4.69) is 10.4 Å². The summed E-state index contributed by atoms with van der Waals surface area (Å²) in [4.78, 5) is 26.1. The fraction of sp³-hybridized carbons (Fsp3) is 0.421. The molecule has 0 aliphatic rings. The van der Waals surface area contributed by atoms with E-state index in [0.717, 1.165) is 11.3 Å². The Bertz CT molecular complexity index is 742. The number of benzene rings is 1. The van der Waals surface area contributed by atoms with Gasteiger partial charge in [-0.2, -0.15) is 5.10 Å². The molecule has 0 aliphatic carbocycles. The predicted octanol–water partition coefficient (Wildman–Crippen LogP) is 2.54. The van der Waals surface area contributed by atoms with Crippen molar-refractivity contribution >= 4 is 17.5 Å². The van der Waals surface area contributed by atoms with Gasteiger partial charge in [-0.25, -0.2) is 0 Å². The number of carbonyl (C=O) groups is 2. The minimum Gasteiger partial charge on any atom is -0.347 e. The van der Waals surface area contributed by atoms with Crippen LogP contribution < -0.4 is 10.2 Å². The lowest BCUT2D eigenvalue weighted by molar-refractivity contribution is -0.118. The molecule has 0 saturated carbocycles. The van der Waals surface area contributed by atoms with E-state index < -0.39 is 0 Å². The molecular weight excluding hydrogens is 316 g/mol. The molecule has 6 nitrogen and oxygen atoms in total. The SMILES string of the molecule is CN(C(=O)CCc1cnn(C)c1)c1ccc(C(=O)NC(C)(C)C)cc1. The molecule has 0 fully saturated rings. The summed E-state index contributed by atoms with van der Waals surface area (Å²) in [6.07, 6.45) is 4.75. The maximum atomic E-state index is 12.3. The first-order chi connectivity index (χ1) is 11.7. The lowest BCUT2D eigenvalue weighted by Crippen LogP contribution is -2.40. The Balaban J connectivity index is 1.96. The van der Waals surface area contributed by atoms with Crippen LogP contribution in [0.15, 0.2) is 36.7 Å². The van der Waals surface area contributed by atoms with E-state index in [9.17, 15) is 9.59 Å². The van der Waals surface area contributed by atoms with E-state index in [0.29, 0.717) is 18.4 Å². The Kier molecular flexibility index (Phi) is 5.62. The monoisotopic (exact) mass is 342 g/mol. The van der Waals surface area contributed by atoms with Crippen LogP contribution in [-0.2, 0) is 18.3 Å². The molecule has 0 atom stereocenters. The number of anilines is 1. The van der Waals surface area contributed by atoms with Crippen LogP contribution in [0.4, 0.5) is 5.69 Å². The molecule has 0 bridgehead atoms. The van der Waals surface area contributed by atoms with Gasteiger partial charge in [-0.05, 0) is 57.0 Å². The second-order valence-corrected chi connectivity index (χ2v) is 7.23. The fourth-order valence-corrected chi connectivity index (χ4v) is 2.41. The molecule has 2 rings (SSSR count). The number of amides is 2. The maximum Gasteiger partial charge on any atom is 0.251 e. The van der Waals surface area contributed by atoms with Gasteiger partial charge in [0.2, 0.25) is 5.91 Å². The number of nitrogens with zero attached hydrogens (tertiary/aromatic N) is 3. The van der Waals surface area contributed by atoms with Crippen LogP contribution in [0.25, 0.3) is 0 Å². The molecule has 1 aromatic carbocycles. The molecule has 0 unspecified atom stereocenters. The number of hydrogen-bond acceptors (Lipinski definition) is 3. The maximum absolute atomic E-state index is 12.3. The third-order valence-corrected chi connectivity index (χ3v) is 3.77. The molecule has 0 saturated heterocycles. The lowest BCUT2D eigenvalue weighted by atomic mass is 10.1. The summed E-state index contributed by atoms with van der Waals surface area (Å²) in [6.45, 7) is 5.82. The van der Waals surface area contributed by atoms with E-state index in [1.165, 1.54) is 0 Å². The normalized spacial score (nSPS) is 11.2. The summed E-state index contributed by atoms with van der Waals surface area (Å²) in [5.41, 5.74) is 2.10. The fourth-order valence-electron chi connectivity index (χ4n) is 2.41. The zero-order valence-electron chi connectivity index (χ0n) is 15.5. The highest BCUT2D eigenvalue weighted by Gasteiger charge is 2.16. The predicted molar refractivity (Wildman–Crippen MR) is 98.6 cm³/mol. The molecule has 1 heterocycles. The Morgan fingerprint density at radius 3 is 2.36 bits per heavy atom. The van der Waals surface area contributed by atoms with Crippen molar-refractivity contribution in [2.75, 3.05) is 11.9 Å². The lowest BCUT2D eigenvalue weighted by Gasteiger charge is -2.21. The van der Waals surface area contributed by atoms with Crippen molar-refractivity contribution in [3.63, 3.8) is 0 Å². The summed E-state index contributed by atoms with van der Waals surface area (Å²) in [7, 11) is 3.60. The Morgan fingerprint density at radius 1 is 1.20 bits per heavy atom. The number of rotatable bonds is 5. The van der Waals surface area contributed by atoms with Crippen molar-refractivity contribution < 1.29 is 9.59 Å². The van der Waals surface area contributed by atoms with Crippen LogP contribution in [0.1, 0.15) is 43.1 Å². The van der Waals surface area contributed by atoms with E-state index in [4.69, 9.17) is 0 Å². The van der Waals surface area contributed by atoms with Gasteiger partial charge in [0, 0.05) is 43.5 Å². The summed E-state index contributed by atoms with van der Waals surface area (Å²) in [5, 5.41) is 7.02. The van der Waals surface area contributed by atoms with Crippen molar-refractivity contribution in [3.8, 4) is 0 Å². The number of aryl methyl sites for hydroxylation is 2. The largest absolute Gasteiger partial charge is 0.347 e. The molecule has 0 aliphatic heterocycles. The number of nitrogens with one attached hydrogen (secondary N) is 1. The first-order valence-corrected chi connectivity index (χ1v) is 8.32. The van der Waals surface area contributed by atoms with Gasteiger partial charge in [0.25, 0.3) is 5.91 Å². The van der Waals surface area contributed by atoms with Gasteiger partial charge in [0.1, 0.15) is 0 Å². The molecule has 0 spiro atoms. The zero-order valence-corrected chi connectivity index (χ0v) is 15.5. The Hall–Kier alpha value is -2.63. The van der Waals surface area contributed by atoms with Crippen molar-refractivity contribution in [2.24, 2.45) is 7.05 Å². The Morgan fingerprint density at radius 2 is 1.84 bits per heavy atom. The van der Waals surface area contributed by atoms with Crippen molar-refractivity contribution in [3.05, 3.63) is 47.8 Å². The molecule has 6 heteroatoms. The average Bonchev–Trinajstić information content (AvgIpc) is 2.96. The van der Waals surface area contributed by atoms with Crippen molar-refractivity contribution in [2.45, 2.75) is 39.2 Å². The van der Waals surface area contributed by atoms with Gasteiger partial charge < -0.3 is 10.2 Å². The third-order valence-electron chi connectivity index (χ3n) is 3.77. The van der Waals surface area contributed by atoms with Crippen LogP contribution >= 0.6 is 0 Å². The summed E-state index contributed by atoms with van der Waals surface area (Å²) < 4.78 is 1.73. The quantitative estimate of drug-likeness (QED) is 0.908. The van der Waals surface area contributed by atoms with Crippen LogP contribution in [0.3, 0.4) is 0 Å². The van der Waals surface area contributed by atoms with Crippen molar-refractivity contribution in [1.82, 2.24) is 15.1 Å². The second-order valence-electron chi connectivity index (χ2n) is 7.23. The van der Waals surface area contributed by atoms with Gasteiger partial charge >= 0.3 is 0 Å². The van der Waals surface area contributed by atoms with Crippen LogP contribution in [0.5, 0.6) is 0 Å². The van der Waals surface area contributed by atoms with Gasteiger partial charge in [0.05, 0.1) is 6.20 Å². The zero-order chi connectivity index (χ0) is 18.6. The summed E-state index contributed by atoms with van der Waals surface area (Å²) in [5.74, 6) is -0.0969. The van der Waals surface area contributed by atoms with E-state index in [1.54, 1.807) is 47.1 Å². The van der Waals surface area contributed by atoms with E-state index >= 15 is 0 Å². The van der Waals surface area contributed by atoms with Gasteiger partial charge in [-0.1, -0.05) is 0 Å². The average molecular weight is 342 g/mol. The van der Waals surface area contributed by atoms with Crippen LogP contribution in [0, 0.1) is 0 Å². The highest BCUT2D eigenvalue weighted by Crippen LogP contribution is 2.16. The summed E-state index contributed by atoms with van der Waals surface area (Å²) in [6, 6.07) is 7.06. The smallest absolute Gasteiger partial charge is 0.251 e. The number of hydrogen-bond donors (Lipinski definition) is 1. The minimum absolute atomic E-state index is 0.0238. The molecule has 134 valence electrons. The molecule has 2 aromatic rings. The van der Waals surface area contributed by atoms with Crippen LogP contribution in [0.2, 0.25) is 0 Å². The third kappa shape index (κ3) is 5.45. The molecular formula is C19H26N4O2. The first kappa shape index (κ1) is 18.7. The topological polar surface area (TPSA) is 67.2 Å². The standard InChI is InChI=1S/C19H26N4O2/c1-19(2,3)21-18(25)15-7-9-16(10-8-15)23(5)17(24)11-6-14-12-20-22(4)13-14/h7-10,12-13H,6,11H2,1-5H3,(H,21,25). The van der Waals surface area contributed by atoms with Crippen molar-refractivity contribution in [1.29, 1.82) is 0 Å². The van der Waals surface area contributed by atoms with Crippen LogP contribution in [-0.4, -0.2) is 34.2 Å². The molecule has 1 N–H and O–H groups in total. The summed E-state index contributed by atoms with van der Waals surface area (Å²) >= 11 is 0. The number of carbonyl (C=O) groups excluding carboxylic acids is 2. The van der Waals surface area contributed by atoms with Gasteiger partial charge in [-0.3, -0.25) is 14.3 Å². The Labute approximate surface area is 148 Å². The first-order valence-electron chi connectivity index (χ1n) is 8.32. The highest BCUT2D eigenvalue weighted by atomic mass is 16.2. The molecule has 1 aromatic heterocycles. The molecule has 25 heavy (non-hydrogen) atoms. The van der Waals surface area contributed by atoms with E-state index in [-0.39, 0.29) is 17.4 Å². The number of aromatic nitrogens is 2. The van der Waals surface area contributed by atoms with E-state index in [1.807, 2.05) is 34.0 Å². The van der Waals surface area contributed by atoms with Gasteiger partial charge in [0.15, 0.2) is 0 Å². The van der Waals surface area contributed by atoms with Gasteiger partial charge in [-0.15, -0.1) is 0 Å². The highest BCUT2D eigenvalue weighted by molar-refractivity contribution is 5.96.